The molecule has 0 bridgehead atoms. The first-order valence-corrected chi connectivity index (χ1v) is 12.7. The second kappa shape index (κ2) is 8.46. The molecule has 0 amide bonds. The van der Waals surface area contributed by atoms with Crippen LogP contribution in [0.5, 0.6) is 0 Å². The molecule has 0 radical (unpaired) electrons. The van der Waals surface area contributed by atoms with Crippen LogP contribution in [0.4, 0.5) is 5.69 Å². The molecule has 1 atom stereocenters. The average Bonchev–Trinajstić information content (AvgIpc) is 2.68. The summed E-state index contributed by atoms with van der Waals surface area (Å²) in [6.07, 6.45) is 3.09. The zero-order valence-corrected chi connectivity index (χ0v) is 19.8. The van der Waals surface area contributed by atoms with Crippen molar-refractivity contribution in [2.45, 2.75) is 36.7 Å². The molecule has 0 fully saturated rings. The van der Waals surface area contributed by atoms with Gasteiger partial charge in [-0.05, 0) is 68.0 Å². The number of rotatable bonds is 5. The summed E-state index contributed by atoms with van der Waals surface area (Å²) in [6.45, 7) is 5.83. The van der Waals surface area contributed by atoms with Crippen LogP contribution in [-0.4, -0.2) is 25.9 Å². The van der Waals surface area contributed by atoms with Crippen LogP contribution in [0, 0.1) is 25.2 Å². The normalized spacial score (nSPS) is 12.6. The molecular weight excluding hydrogens is 438 g/mol. The Hall–Kier alpha value is -2.27. The lowest BCUT2D eigenvalue weighted by atomic mass is 9.92. The number of sulfone groups is 1. The highest BCUT2D eigenvalue weighted by atomic mass is 35.5. The van der Waals surface area contributed by atoms with Gasteiger partial charge in [0.25, 0.3) is 0 Å². The molecule has 0 spiro atoms. The molecule has 0 aliphatic carbocycles. The van der Waals surface area contributed by atoms with E-state index < -0.39 is 9.84 Å². The van der Waals surface area contributed by atoms with E-state index in [0.29, 0.717) is 16.3 Å². The number of pyridine rings is 1. The Labute approximate surface area is 186 Å². The molecule has 3 rings (SSSR count). The topological polar surface area (TPSA) is 82.8 Å². The van der Waals surface area contributed by atoms with Gasteiger partial charge >= 0.3 is 0 Å². The van der Waals surface area contributed by atoms with Crippen molar-refractivity contribution in [3.8, 4) is 6.07 Å². The van der Waals surface area contributed by atoms with Gasteiger partial charge in [-0.25, -0.2) is 13.4 Å². The van der Waals surface area contributed by atoms with Crippen molar-refractivity contribution in [1.29, 1.82) is 5.26 Å². The number of halogens is 1. The Bertz CT molecular complexity index is 1300. The third-order valence-corrected chi connectivity index (χ3v) is 7.22. The molecule has 156 valence electrons. The monoisotopic (exact) mass is 459 g/mol. The first-order valence-electron chi connectivity index (χ1n) is 9.22. The van der Waals surface area contributed by atoms with Crippen LogP contribution in [0.25, 0.3) is 10.9 Å². The fourth-order valence-electron chi connectivity index (χ4n) is 3.68. The Kier molecular flexibility index (Phi) is 6.32. The van der Waals surface area contributed by atoms with Crippen molar-refractivity contribution in [3.05, 3.63) is 57.6 Å². The number of hydrogen-bond donors (Lipinski definition) is 1. The predicted octanol–water partition coefficient (Wildman–Crippen LogP) is 5.68. The number of benzene rings is 2. The Morgan fingerprint density at radius 3 is 2.53 bits per heavy atom. The third-order valence-electron chi connectivity index (χ3n) is 5.06. The molecule has 1 N–H and O–H groups in total. The average molecular weight is 460 g/mol. The molecule has 1 aromatic heterocycles. The maximum absolute atomic E-state index is 12.3. The van der Waals surface area contributed by atoms with Crippen molar-refractivity contribution in [2.24, 2.45) is 0 Å². The van der Waals surface area contributed by atoms with Gasteiger partial charge in [-0.1, -0.05) is 17.7 Å². The van der Waals surface area contributed by atoms with E-state index in [1.165, 1.54) is 17.8 Å². The summed E-state index contributed by atoms with van der Waals surface area (Å²) in [5, 5.41) is 15.2. The summed E-state index contributed by atoms with van der Waals surface area (Å²) in [5.41, 5.74) is 4.56. The molecule has 2 aromatic carbocycles. The number of nitrogens with zero attached hydrogens (tertiary/aromatic N) is 2. The lowest BCUT2D eigenvalue weighted by molar-refractivity contribution is 0.602. The number of aryl methyl sites for hydroxylation is 1. The minimum Gasteiger partial charge on any atom is -0.377 e. The van der Waals surface area contributed by atoms with Crippen LogP contribution in [0.3, 0.4) is 0 Å². The molecular formula is C22H22ClN3O2S2. The van der Waals surface area contributed by atoms with Crippen LogP contribution in [0.1, 0.15) is 35.2 Å². The molecule has 5 nitrogen and oxygen atoms in total. The standard InChI is InChI=1S/C22H22ClN3O2S2/c1-12-6-8-18-21(16(11-24)13(2)22(26-18)29-4)20(12)14(3)25-17-9-7-15(23)10-19(17)30(5,27)28/h6-10,14,25H,1-5H3. The van der Waals surface area contributed by atoms with E-state index in [-0.39, 0.29) is 10.9 Å². The third kappa shape index (κ3) is 4.13. The maximum Gasteiger partial charge on any atom is 0.177 e. The number of anilines is 1. The molecule has 1 unspecified atom stereocenters. The van der Waals surface area contributed by atoms with Gasteiger partial charge in [0.1, 0.15) is 11.1 Å². The summed E-state index contributed by atoms with van der Waals surface area (Å²) in [6, 6.07) is 10.7. The van der Waals surface area contributed by atoms with E-state index in [1.807, 2.05) is 39.2 Å². The smallest absolute Gasteiger partial charge is 0.177 e. The molecule has 0 saturated carbocycles. The fraction of sp³-hybridized carbons (Fsp3) is 0.273. The number of fused-ring (bicyclic) bond motifs is 1. The van der Waals surface area contributed by atoms with Gasteiger partial charge in [-0.2, -0.15) is 5.26 Å². The maximum atomic E-state index is 12.3. The SMILES string of the molecule is CSc1nc2ccc(C)c(C(C)Nc3ccc(Cl)cc3S(C)(=O)=O)c2c(C#N)c1C. The van der Waals surface area contributed by atoms with Crippen LogP contribution >= 0.6 is 23.4 Å². The van der Waals surface area contributed by atoms with E-state index in [2.05, 4.69) is 11.4 Å². The number of aromatic nitrogens is 1. The Balaban J connectivity index is 2.22. The number of nitriles is 1. The van der Waals surface area contributed by atoms with Gasteiger partial charge in [-0.15, -0.1) is 11.8 Å². The second-order valence-electron chi connectivity index (χ2n) is 7.20. The summed E-state index contributed by atoms with van der Waals surface area (Å²) >= 11 is 7.54. The first kappa shape index (κ1) is 22.4. The largest absolute Gasteiger partial charge is 0.377 e. The lowest BCUT2D eigenvalue weighted by Gasteiger charge is -2.23. The van der Waals surface area contributed by atoms with Gasteiger partial charge in [0.05, 0.1) is 21.7 Å². The zero-order chi connectivity index (χ0) is 22.2. The quantitative estimate of drug-likeness (QED) is 0.494. The first-order chi connectivity index (χ1) is 14.1. The van der Waals surface area contributed by atoms with Crippen molar-refractivity contribution < 1.29 is 8.42 Å². The van der Waals surface area contributed by atoms with Crippen molar-refractivity contribution >= 4 is 49.8 Å². The van der Waals surface area contributed by atoms with Crippen LogP contribution < -0.4 is 5.32 Å². The van der Waals surface area contributed by atoms with Crippen LogP contribution in [-0.2, 0) is 9.84 Å². The fourth-order valence-corrected chi connectivity index (χ4v) is 5.38. The summed E-state index contributed by atoms with van der Waals surface area (Å²) < 4.78 is 24.5. The van der Waals surface area contributed by atoms with Gasteiger partial charge in [0.2, 0.25) is 0 Å². The van der Waals surface area contributed by atoms with Gasteiger partial charge < -0.3 is 5.32 Å². The molecule has 0 saturated heterocycles. The minimum atomic E-state index is -3.48. The molecule has 8 heteroatoms. The number of thioether (sulfide) groups is 1. The molecule has 3 aromatic rings. The minimum absolute atomic E-state index is 0.138. The van der Waals surface area contributed by atoms with Gasteiger partial charge in [0, 0.05) is 22.7 Å². The Morgan fingerprint density at radius 1 is 1.23 bits per heavy atom. The van der Waals surface area contributed by atoms with Crippen LogP contribution in [0.15, 0.2) is 40.3 Å². The number of nitrogens with one attached hydrogen (secondary N) is 1. The van der Waals surface area contributed by atoms with Crippen molar-refractivity contribution in [3.63, 3.8) is 0 Å². The number of hydrogen-bond acceptors (Lipinski definition) is 6. The van der Waals surface area contributed by atoms with E-state index in [1.54, 1.807) is 12.1 Å². The molecule has 0 aliphatic rings. The van der Waals surface area contributed by atoms with Gasteiger partial charge in [-0.3, -0.25) is 0 Å². The summed E-state index contributed by atoms with van der Waals surface area (Å²) in [5.74, 6) is 0. The molecule has 30 heavy (non-hydrogen) atoms. The predicted molar refractivity (Wildman–Crippen MR) is 124 cm³/mol. The van der Waals surface area contributed by atoms with Crippen LogP contribution in [0.2, 0.25) is 5.02 Å². The second-order valence-corrected chi connectivity index (χ2v) is 10.4. The zero-order valence-electron chi connectivity index (χ0n) is 17.4. The van der Waals surface area contributed by atoms with E-state index in [4.69, 9.17) is 16.6 Å². The van der Waals surface area contributed by atoms with E-state index >= 15 is 0 Å². The van der Waals surface area contributed by atoms with E-state index in [9.17, 15) is 13.7 Å². The highest BCUT2D eigenvalue weighted by Crippen LogP contribution is 2.36. The van der Waals surface area contributed by atoms with Crippen molar-refractivity contribution in [2.75, 3.05) is 17.8 Å². The highest BCUT2D eigenvalue weighted by Gasteiger charge is 2.22. The molecule has 1 heterocycles. The summed E-state index contributed by atoms with van der Waals surface area (Å²) in [7, 11) is -3.48. The van der Waals surface area contributed by atoms with Crippen molar-refractivity contribution in [1.82, 2.24) is 4.98 Å². The molecule has 0 aliphatic heterocycles. The highest BCUT2D eigenvalue weighted by molar-refractivity contribution is 7.98. The van der Waals surface area contributed by atoms with E-state index in [0.717, 1.165) is 38.9 Å². The lowest BCUT2D eigenvalue weighted by Crippen LogP contribution is -2.13. The summed E-state index contributed by atoms with van der Waals surface area (Å²) in [4.78, 5) is 4.87. The van der Waals surface area contributed by atoms with Gasteiger partial charge in [0.15, 0.2) is 9.84 Å². The Morgan fingerprint density at radius 2 is 1.93 bits per heavy atom.